The Morgan fingerprint density at radius 1 is 0.585 bits per heavy atom. The normalized spacial score (nSPS) is 16.9. The lowest BCUT2D eigenvalue weighted by atomic mass is 9.98. The van der Waals surface area contributed by atoms with E-state index in [4.69, 9.17) is 10.8 Å². The average Bonchev–Trinajstić information content (AvgIpc) is 3.64. The number of aromatic nitrogens is 4. The van der Waals surface area contributed by atoms with E-state index in [-0.39, 0.29) is 29.2 Å². The van der Waals surface area contributed by atoms with Crippen molar-refractivity contribution in [2.45, 2.75) is 130 Å². The van der Waals surface area contributed by atoms with Crippen molar-refractivity contribution in [3.63, 3.8) is 0 Å². The number of nitrogens with one attached hydrogen (secondary N) is 8. The molecule has 0 saturated carbocycles. The SMILES string of the molecule is C[C@@H](NC(=O)[C@H](CC(=O)O)NC(=O)[C@@H](NC(=O)[C@H](CC(=O)O)NC(=O)[C@@H](NC(=O)CC[C@H](NC(=O)c1ccc(NCc2cnc3nc(N)[nH]c(=O)c3n2)cc1)C(=O)O)[C@@H](O)[C@H](O)[C@H](O)CO)[C@@H](O)[C@H](O)[C@H](O)CO)[C@@H](O)[C@H](O)[C@H](O)CO. The number of nitrogens with zero attached hydrogens (tertiary/aromatic N) is 3. The van der Waals surface area contributed by atoms with Gasteiger partial charge in [-0.1, -0.05) is 0 Å². The van der Waals surface area contributed by atoms with Crippen LogP contribution in [0.1, 0.15) is 48.7 Å². The van der Waals surface area contributed by atoms with Gasteiger partial charge >= 0.3 is 17.9 Å². The molecular formula is C45H64N12O25. The predicted octanol–water partition coefficient (Wildman–Crippen LogP) is -11.5. The number of carboxylic acid groups (broad SMARTS) is 3. The summed E-state index contributed by atoms with van der Waals surface area (Å²) in [5.41, 5.74) is 5.46. The molecule has 0 fully saturated rings. The molecule has 0 bridgehead atoms. The first-order valence-corrected chi connectivity index (χ1v) is 24.2. The van der Waals surface area contributed by atoms with E-state index >= 15 is 0 Å². The van der Waals surface area contributed by atoms with Gasteiger partial charge in [0.25, 0.3) is 11.5 Å². The van der Waals surface area contributed by atoms with E-state index in [0.29, 0.717) is 11.4 Å². The number of aromatic amines is 1. The Morgan fingerprint density at radius 2 is 1.06 bits per heavy atom. The molecule has 82 heavy (non-hydrogen) atoms. The van der Waals surface area contributed by atoms with Gasteiger partial charge in [0.05, 0.1) is 57.1 Å². The van der Waals surface area contributed by atoms with Crippen LogP contribution in [0.15, 0.2) is 35.3 Å². The molecule has 3 rings (SSSR count). The summed E-state index contributed by atoms with van der Waals surface area (Å²) in [5.74, 6) is -14.9. The first kappa shape index (κ1) is 68.1. The van der Waals surface area contributed by atoms with Gasteiger partial charge in [-0.05, 0) is 37.6 Å². The van der Waals surface area contributed by atoms with Crippen LogP contribution in [-0.4, -0.2) is 261 Å². The molecule has 37 heteroatoms. The molecule has 37 nitrogen and oxygen atoms in total. The number of H-pyrrole nitrogens is 1. The van der Waals surface area contributed by atoms with Crippen molar-refractivity contribution in [1.29, 1.82) is 0 Å². The molecule has 3 aromatic rings. The molecule has 0 radical (unpaired) electrons. The monoisotopic (exact) mass is 1170 g/mol. The van der Waals surface area contributed by atoms with E-state index in [1.54, 1.807) is 16.0 Å². The summed E-state index contributed by atoms with van der Waals surface area (Å²) in [6.07, 6.45) is -24.5. The van der Waals surface area contributed by atoms with Crippen LogP contribution in [-0.2, 0) is 44.9 Å². The van der Waals surface area contributed by atoms with Crippen molar-refractivity contribution in [3.8, 4) is 0 Å². The van der Waals surface area contributed by atoms with E-state index in [1.165, 1.54) is 30.5 Å². The van der Waals surface area contributed by atoms with Crippen LogP contribution >= 0.6 is 0 Å². The van der Waals surface area contributed by atoms with E-state index < -0.39 is 196 Å². The Morgan fingerprint density at radius 3 is 1.54 bits per heavy atom. The van der Waals surface area contributed by atoms with Crippen LogP contribution in [0.3, 0.4) is 0 Å². The molecule has 6 amide bonds. The van der Waals surface area contributed by atoms with Crippen molar-refractivity contribution >= 4 is 76.2 Å². The van der Waals surface area contributed by atoms with Crippen LogP contribution in [0.5, 0.6) is 0 Å². The fourth-order valence-corrected chi connectivity index (χ4v) is 7.27. The number of hydrogen-bond acceptors (Lipinski definition) is 27. The van der Waals surface area contributed by atoms with Gasteiger partial charge in [0.15, 0.2) is 11.2 Å². The predicted molar refractivity (Wildman–Crippen MR) is 269 cm³/mol. The van der Waals surface area contributed by atoms with E-state index in [0.717, 1.165) is 6.92 Å². The molecule has 25 N–H and O–H groups in total. The molecule has 0 aliphatic rings. The van der Waals surface area contributed by atoms with Gasteiger partial charge in [-0.25, -0.2) is 14.8 Å². The van der Waals surface area contributed by atoms with Crippen LogP contribution in [0.4, 0.5) is 11.6 Å². The van der Waals surface area contributed by atoms with Crippen LogP contribution in [0.2, 0.25) is 0 Å². The number of carbonyl (C=O) groups excluding carboxylic acids is 6. The second-order valence-corrected chi connectivity index (χ2v) is 18.2. The minimum absolute atomic E-state index is 0.00656. The molecule has 0 unspecified atom stereocenters. The van der Waals surface area contributed by atoms with Gasteiger partial charge in [-0.15, -0.1) is 0 Å². The zero-order valence-corrected chi connectivity index (χ0v) is 42.9. The number of anilines is 2. The highest BCUT2D eigenvalue weighted by atomic mass is 16.4. The second kappa shape index (κ2) is 31.7. The summed E-state index contributed by atoms with van der Waals surface area (Å²) in [4.78, 5) is 144. The number of fused-ring (bicyclic) bond motifs is 1. The number of carbonyl (C=O) groups is 9. The number of aliphatic hydroxyl groups is 12. The Bertz CT molecular complexity index is 2780. The van der Waals surface area contributed by atoms with Gasteiger partial charge in [-0.3, -0.25) is 48.1 Å². The maximum absolute atomic E-state index is 13.8. The second-order valence-electron chi connectivity index (χ2n) is 18.2. The van der Waals surface area contributed by atoms with Crippen LogP contribution in [0, 0.1) is 0 Å². The summed E-state index contributed by atoms with van der Waals surface area (Å²) in [6, 6.07) is -8.15. The van der Waals surface area contributed by atoms with Crippen molar-refractivity contribution in [2.24, 2.45) is 0 Å². The molecule has 0 saturated heterocycles. The summed E-state index contributed by atoms with van der Waals surface area (Å²) in [7, 11) is 0. The number of aliphatic carboxylic acids is 3. The number of nitrogens with two attached hydrogens (primary N) is 1. The highest BCUT2D eigenvalue weighted by Gasteiger charge is 2.43. The highest BCUT2D eigenvalue weighted by molar-refractivity contribution is 5.99. The van der Waals surface area contributed by atoms with Crippen molar-refractivity contribution in [3.05, 3.63) is 52.1 Å². The Balaban J connectivity index is 1.84. The molecule has 1 aromatic carbocycles. The first-order valence-electron chi connectivity index (χ1n) is 24.2. The number of carboxylic acids is 3. The van der Waals surface area contributed by atoms with Crippen LogP contribution in [0.25, 0.3) is 11.2 Å². The number of benzene rings is 1. The van der Waals surface area contributed by atoms with E-state index in [9.17, 15) is 119 Å². The van der Waals surface area contributed by atoms with Crippen molar-refractivity contribution in [2.75, 3.05) is 30.9 Å². The first-order chi connectivity index (χ1) is 38.4. The van der Waals surface area contributed by atoms with Gasteiger partial charge in [0, 0.05) is 17.7 Å². The summed E-state index contributed by atoms with van der Waals surface area (Å²) in [5, 5.41) is 165. The minimum Gasteiger partial charge on any atom is -0.481 e. The van der Waals surface area contributed by atoms with Gasteiger partial charge in [-0.2, -0.15) is 4.98 Å². The lowest BCUT2D eigenvalue weighted by Crippen LogP contribution is -2.65. The maximum atomic E-state index is 13.8. The Labute approximate surface area is 460 Å². The Hall–Kier alpha value is -8.21. The third-order valence-electron chi connectivity index (χ3n) is 11.9. The number of nitrogen functional groups attached to an aromatic ring is 1. The standard InChI is InChI=1S/C45H64N12O25/c1-15(31(69)32(70)22(61)12-58)49-39(76)20(8-26(65)66)52-42(79)29(36(74)34(72)24(63)14-60)55-40(77)21(9-27(67)68)53-41(78)28(35(73)33(71)23(62)13-59)54-25(64)7-6-19(44(81)82)51-38(75)16-2-4-17(5-3-16)47-10-18-11-48-37-30(50-18)43(80)57-45(46)56-37/h2-5,11,15,19-24,28-29,31-36,47,58-63,69-74H,6-10,12-14H2,1H3,(H,49,76)(H,51,75)(H,52,79)(H,53,78)(H,54,64)(H,55,77)(H,65,66)(H,67,68)(H,81,82)(H3,46,48,56,57,80)/t15-,19+,20+,21+,22-,23-,24-,28+,29+,31-,32-,33-,34-,35-,36-/m1/s1. The Kier molecular flexibility index (Phi) is 26.3. The van der Waals surface area contributed by atoms with E-state index in [1.807, 2.05) is 10.6 Å². The summed E-state index contributed by atoms with van der Waals surface area (Å²) in [6.45, 7) is -2.64. The fraction of sp³-hybridized carbons (Fsp3) is 0.533. The molecule has 0 spiro atoms. The third-order valence-corrected chi connectivity index (χ3v) is 11.9. The topological polar surface area (TPSA) is 639 Å². The smallest absolute Gasteiger partial charge is 0.326 e. The molecule has 15 atom stereocenters. The number of amides is 6. The lowest BCUT2D eigenvalue weighted by Gasteiger charge is -2.32. The third kappa shape index (κ3) is 19.8. The number of rotatable bonds is 34. The number of aliphatic hydroxyl groups excluding tert-OH is 12. The molecule has 0 aliphatic heterocycles. The largest absolute Gasteiger partial charge is 0.481 e. The molecular weight excluding hydrogens is 1110 g/mol. The molecule has 454 valence electrons. The van der Waals surface area contributed by atoms with E-state index in [2.05, 4.69) is 30.6 Å². The number of hydrogen-bond donors (Lipinski definition) is 24. The van der Waals surface area contributed by atoms with Gasteiger partial charge < -0.3 is 120 Å². The maximum Gasteiger partial charge on any atom is 0.326 e. The molecule has 0 aliphatic carbocycles. The lowest BCUT2D eigenvalue weighted by molar-refractivity contribution is -0.146. The molecule has 2 aromatic heterocycles. The summed E-state index contributed by atoms with van der Waals surface area (Å²) >= 11 is 0. The molecule has 2 heterocycles. The highest BCUT2D eigenvalue weighted by Crippen LogP contribution is 2.15. The van der Waals surface area contributed by atoms with Crippen molar-refractivity contribution < 1.29 is 120 Å². The minimum atomic E-state index is -2.79. The zero-order chi connectivity index (χ0) is 61.9. The summed E-state index contributed by atoms with van der Waals surface area (Å²) < 4.78 is 0. The van der Waals surface area contributed by atoms with Gasteiger partial charge in [0.2, 0.25) is 35.5 Å². The quantitative estimate of drug-likeness (QED) is 0.0264. The van der Waals surface area contributed by atoms with Gasteiger partial charge in [0.1, 0.15) is 85.1 Å². The average molecular weight is 1170 g/mol. The van der Waals surface area contributed by atoms with Crippen LogP contribution < -0.4 is 48.5 Å². The van der Waals surface area contributed by atoms with Crippen molar-refractivity contribution in [1.82, 2.24) is 51.8 Å². The fourth-order valence-electron chi connectivity index (χ4n) is 7.27. The zero-order valence-electron chi connectivity index (χ0n) is 42.9.